The molecular weight excluding hydrogens is 386 g/mol. The highest BCUT2D eigenvalue weighted by atomic mass is 32.2. The Morgan fingerprint density at radius 1 is 1.12 bits per heavy atom. The van der Waals surface area contributed by atoms with Crippen LogP contribution >= 0.6 is 34.9 Å². The van der Waals surface area contributed by atoms with Gasteiger partial charge in [0.2, 0.25) is 5.91 Å². The van der Waals surface area contributed by atoms with E-state index < -0.39 is 0 Å². The molecule has 0 aliphatic rings. The molecule has 1 aromatic carbocycles. The fourth-order valence-corrected chi connectivity index (χ4v) is 4.66. The maximum Gasteiger partial charge on any atom is 0.224 e. The average molecular weight is 408 g/mol. The monoisotopic (exact) mass is 407 g/mol. The zero-order valence-electron chi connectivity index (χ0n) is 14.8. The number of amides is 1. The van der Waals surface area contributed by atoms with Gasteiger partial charge in [-0.25, -0.2) is 0 Å². The molecule has 0 radical (unpaired) electrons. The molecule has 0 fully saturated rings. The first kappa shape index (κ1) is 20.7. The predicted molar refractivity (Wildman–Crippen MR) is 110 cm³/mol. The van der Waals surface area contributed by atoms with Crippen molar-refractivity contribution in [3.8, 4) is 0 Å². The SMILES string of the molecule is C=C(C)CSc1nnc(SCC(=O)c2ccc(NC(=O)CCC)cc2)s1. The molecule has 0 aliphatic heterocycles. The van der Waals surface area contributed by atoms with Crippen molar-refractivity contribution in [3.05, 3.63) is 42.0 Å². The van der Waals surface area contributed by atoms with Crippen molar-refractivity contribution < 1.29 is 9.59 Å². The minimum absolute atomic E-state index is 0.0151. The number of nitrogens with one attached hydrogen (secondary N) is 1. The van der Waals surface area contributed by atoms with E-state index in [0.29, 0.717) is 23.4 Å². The smallest absolute Gasteiger partial charge is 0.224 e. The van der Waals surface area contributed by atoms with Crippen LogP contribution in [0.15, 0.2) is 45.1 Å². The number of ketones is 1. The van der Waals surface area contributed by atoms with Crippen LogP contribution in [0.2, 0.25) is 0 Å². The number of thioether (sulfide) groups is 2. The van der Waals surface area contributed by atoms with E-state index in [1.165, 1.54) is 23.1 Å². The molecule has 0 atom stereocenters. The summed E-state index contributed by atoms with van der Waals surface area (Å²) >= 11 is 4.48. The third kappa shape index (κ3) is 6.93. The van der Waals surface area contributed by atoms with Crippen LogP contribution in [0.4, 0.5) is 5.69 Å². The van der Waals surface area contributed by atoms with Gasteiger partial charge in [0, 0.05) is 23.4 Å². The Bertz CT molecular complexity index is 772. The maximum atomic E-state index is 12.3. The number of carbonyl (C=O) groups is 2. The molecule has 138 valence electrons. The van der Waals surface area contributed by atoms with Gasteiger partial charge in [-0.2, -0.15) is 0 Å². The Morgan fingerprint density at radius 3 is 2.31 bits per heavy atom. The Hall–Kier alpha value is -1.64. The molecule has 0 bridgehead atoms. The lowest BCUT2D eigenvalue weighted by Crippen LogP contribution is -2.10. The molecule has 1 aromatic heterocycles. The molecule has 0 unspecified atom stereocenters. The molecule has 0 aliphatic carbocycles. The fourth-order valence-electron chi connectivity index (χ4n) is 1.90. The summed E-state index contributed by atoms with van der Waals surface area (Å²) in [6, 6.07) is 6.98. The van der Waals surface area contributed by atoms with Gasteiger partial charge >= 0.3 is 0 Å². The topological polar surface area (TPSA) is 72.0 Å². The summed E-state index contributed by atoms with van der Waals surface area (Å²) in [6.07, 6.45) is 1.30. The molecule has 2 aromatic rings. The number of hydrogen-bond acceptors (Lipinski definition) is 7. The highest BCUT2D eigenvalue weighted by Gasteiger charge is 2.11. The number of Topliss-reactive ketones (excluding diaryl/α,β-unsaturated/α-hetero) is 1. The molecule has 8 heteroatoms. The van der Waals surface area contributed by atoms with Gasteiger partial charge in [0.1, 0.15) is 0 Å². The first-order valence-electron chi connectivity index (χ1n) is 8.14. The van der Waals surface area contributed by atoms with Gasteiger partial charge in [-0.1, -0.05) is 53.9 Å². The fraction of sp³-hybridized carbons (Fsp3) is 0.333. The quantitative estimate of drug-likeness (QED) is 0.342. The van der Waals surface area contributed by atoms with Crippen LogP contribution in [0.1, 0.15) is 37.0 Å². The number of nitrogens with zero attached hydrogens (tertiary/aromatic N) is 2. The van der Waals surface area contributed by atoms with Crippen molar-refractivity contribution in [2.24, 2.45) is 0 Å². The van der Waals surface area contributed by atoms with E-state index in [9.17, 15) is 9.59 Å². The summed E-state index contributed by atoms with van der Waals surface area (Å²) < 4.78 is 1.67. The van der Waals surface area contributed by atoms with Gasteiger partial charge in [-0.3, -0.25) is 9.59 Å². The summed E-state index contributed by atoms with van der Waals surface area (Å²) in [5.41, 5.74) is 2.41. The maximum absolute atomic E-state index is 12.3. The molecule has 1 heterocycles. The van der Waals surface area contributed by atoms with E-state index in [4.69, 9.17) is 0 Å². The molecule has 2 rings (SSSR count). The van der Waals surface area contributed by atoms with Gasteiger partial charge in [0.25, 0.3) is 0 Å². The first-order valence-corrected chi connectivity index (χ1v) is 10.9. The second-order valence-corrected chi connectivity index (χ2v) is 9.09. The van der Waals surface area contributed by atoms with E-state index in [0.717, 1.165) is 26.4 Å². The molecular formula is C18H21N3O2S3. The third-order valence-electron chi connectivity index (χ3n) is 3.12. The van der Waals surface area contributed by atoms with Crippen LogP contribution in [-0.2, 0) is 4.79 Å². The van der Waals surface area contributed by atoms with Crippen molar-refractivity contribution in [2.45, 2.75) is 35.4 Å². The van der Waals surface area contributed by atoms with Gasteiger partial charge < -0.3 is 5.32 Å². The van der Waals surface area contributed by atoms with Crippen molar-refractivity contribution >= 4 is 52.2 Å². The third-order valence-corrected chi connectivity index (χ3v) is 6.54. The largest absolute Gasteiger partial charge is 0.326 e. The minimum Gasteiger partial charge on any atom is -0.326 e. The number of carbonyl (C=O) groups excluding carboxylic acids is 2. The van der Waals surface area contributed by atoms with Crippen LogP contribution < -0.4 is 5.32 Å². The molecule has 0 saturated carbocycles. The summed E-state index contributed by atoms with van der Waals surface area (Å²) in [7, 11) is 0. The lowest BCUT2D eigenvalue weighted by atomic mass is 10.1. The normalized spacial score (nSPS) is 10.5. The summed E-state index contributed by atoms with van der Waals surface area (Å²) in [4.78, 5) is 23.9. The lowest BCUT2D eigenvalue weighted by molar-refractivity contribution is -0.116. The average Bonchev–Trinajstić information content (AvgIpc) is 3.06. The minimum atomic E-state index is -0.0151. The van der Waals surface area contributed by atoms with E-state index in [2.05, 4.69) is 22.1 Å². The molecule has 1 amide bonds. The van der Waals surface area contributed by atoms with Crippen LogP contribution in [-0.4, -0.2) is 33.4 Å². The summed E-state index contributed by atoms with van der Waals surface area (Å²) in [5, 5.41) is 11.0. The number of anilines is 1. The van der Waals surface area contributed by atoms with E-state index >= 15 is 0 Å². The van der Waals surface area contributed by atoms with Gasteiger partial charge in [-0.05, 0) is 37.6 Å². The Morgan fingerprint density at radius 2 is 1.73 bits per heavy atom. The van der Waals surface area contributed by atoms with Crippen LogP contribution in [0.5, 0.6) is 0 Å². The molecule has 0 saturated heterocycles. The van der Waals surface area contributed by atoms with Crippen molar-refractivity contribution in [1.29, 1.82) is 0 Å². The number of rotatable bonds is 10. The number of benzene rings is 1. The second kappa shape index (κ2) is 10.5. The van der Waals surface area contributed by atoms with E-state index in [-0.39, 0.29) is 11.7 Å². The molecule has 5 nitrogen and oxygen atoms in total. The zero-order valence-corrected chi connectivity index (χ0v) is 17.2. The van der Waals surface area contributed by atoms with Crippen LogP contribution in [0, 0.1) is 0 Å². The van der Waals surface area contributed by atoms with Crippen LogP contribution in [0.3, 0.4) is 0 Å². The standard InChI is InChI=1S/C18H21N3O2S3/c1-4-5-16(23)19-14-8-6-13(7-9-14)15(22)11-25-18-21-20-17(26-18)24-10-12(2)3/h6-9H,2,4-5,10-11H2,1,3H3,(H,19,23). The summed E-state index contributed by atoms with van der Waals surface area (Å²) in [6.45, 7) is 7.80. The predicted octanol–water partition coefficient (Wildman–Crippen LogP) is 4.92. The highest BCUT2D eigenvalue weighted by Crippen LogP contribution is 2.29. The lowest BCUT2D eigenvalue weighted by Gasteiger charge is -2.05. The highest BCUT2D eigenvalue weighted by molar-refractivity contribution is 8.03. The number of aromatic nitrogens is 2. The van der Waals surface area contributed by atoms with Crippen molar-refractivity contribution in [1.82, 2.24) is 10.2 Å². The second-order valence-electron chi connectivity index (χ2n) is 5.67. The van der Waals surface area contributed by atoms with E-state index in [1.807, 2.05) is 13.8 Å². The zero-order chi connectivity index (χ0) is 18.9. The Kier molecular flexibility index (Phi) is 8.34. The van der Waals surface area contributed by atoms with Gasteiger partial charge in [0.15, 0.2) is 14.5 Å². The van der Waals surface area contributed by atoms with Gasteiger partial charge in [-0.15, -0.1) is 10.2 Å². The molecule has 0 spiro atoms. The van der Waals surface area contributed by atoms with Gasteiger partial charge in [0.05, 0.1) is 5.75 Å². The number of hydrogen-bond donors (Lipinski definition) is 1. The molecule has 1 N–H and O–H groups in total. The van der Waals surface area contributed by atoms with E-state index in [1.54, 1.807) is 36.0 Å². The Labute approximate surface area is 166 Å². The van der Waals surface area contributed by atoms with Crippen molar-refractivity contribution in [3.63, 3.8) is 0 Å². The first-order chi connectivity index (χ1) is 12.5. The molecule has 26 heavy (non-hydrogen) atoms. The summed E-state index contributed by atoms with van der Waals surface area (Å²) in [5.74, 6) is 1.13. The Balaban J connectivity index is 1.84. The van der Waals surface area contributed by atoms with Crippen molar-refractivity contribution in [2.75, 3.05) is 16.8 Å². The van der Waals surface area contributed by atoms with Crippen LogP contribution in [0.25, 0.3) is 0 Å².